The first-order valence-corrected chi connectivity index (χ1v) is 6.54. The summed E-state index contributed by atoms with van der Waals surface area (Å²) >= 11 is 0. The van der Waals surface area contributed by atoms with Gasteiger partial charge in [-0.25, -0.2) is 14.4 Å². The van der Waals surface area contributed by atoms with E-state index in [4.69, 9.17) is 4.42 Å². The highest BCUT2D eigenvalue weighted by Crippen LogP contribution is 2.22. The predicted octanol–water partition coefficient (Wildman–Crippen LogP) is 3.22. The topological polar surface area (TPSA) is 76.7 Å². The first-order valence-electron chi connectivity index (χ1n) is 6.54. The number of hydrogen-bond acceptors (Lipinski definition) is 6. The van der Waals surface area contributed by atoms with Crippen LogP contribution in [0.3, 0.4) is 0 Å². The molecule has 2 heterocycles. The van der Waals surface area contributed by atoms with Gasteiger partial charge >= 0.3 is 6.43 Å². The van der Waals surface area contributed by atoms with Gasteiger partial charge in [0, 0.05) is 18.9 Å². The van der Waals surface area contributed by atoms with Crippen molar-refractivity contribution in [1.29, 1.82) is 0 Å². The minimum atomic E-state index is -2.83. The highest BCUT2D eigenvalue weighted by Gasteiger charge is 2.17. The van der Waals surface area contributed by atoms with Crippen LogP contribution < -0.4 is 5.32 Å². The average molecular weight is 321 g/mol. The number of alkyl halides is 2. The number of halogens is 3. The van der Waals surface area contributed by atoms with E-state index >= 15 is 0 Å². The van der Waals surface area contributed by atoms with Crippen LogP contribution in [0.1, 0.15) is 17.9 Å². The molecule has 0 radical (unpaired) electrons. The van der Waals surface area contributed by atoms with Crippen LogP contribution in [0.5, 0.6) is 0 Å². The van der Waals surface area contributed by atoms with Crippen molar-refractivity contribution in [2.45, 2.75) is 13.0 Å². The van der Waals surface area contributed by atoms with Crippen molar-refractivity contribution in [2.75, 3.05) is 5.32 Å². The van der Waals surface area contributed by atoms with E-state index in [2.05, 4.69) is 25.5 Å². The summed E-state index contributed by atoms with van der Waals surface area (Å²) in [6.07, 6.45) is -0.0697. The third-order valence-corrected chi connectivity index (χ3v) is 2.89. The van der Waals surface area contributed by atoms with Crippen molar-refractivity contribution in [3.05, 3.63) is 53.9 Å². The monoisotopic (exact) mass is 321 g/mol. The van der Waals surface area contributed by atoms with Crippen LogP contribution in [0.25, 0.3) is 11.5 Å². The molecular weight excluding hydrogens is 311 g/mol. The van der Waals surface area contributed by atoms with Crippen LogP contribution in [-0.2, 0) is 6.54 Å². The highest BCUT2D eigenvalue weighted by molar-refractivity contribution is 5.50. The Kier molecular flexibility index (Phi) is 4.18. The zero-order valence-corrected chi connectivity index (χ0v) is 11.6. The van der Waals surface area contributed by atoms with Crippen molar-refractivity contribution < 1.29 is 17.6 Å². The molecule has 0 atom stereocenters. The van der Waals surface area contributed by atoms with Crippen molar-refractivity contribution in [3.8, 4) is 11.5 Å². The maximum atomic E-state index is 12.8. The average Bonchev–Trinajstić information content (AvgIpc) is 3.05. The molecule has 0 aliphatic heterocycles. The summed E-state index contributed by atoms with van der Waals surface area (Å²) in [7, 11) is 0. The lowest BCUT2D eigenvalue weighted by atomic mass is 10.2. The zero-order chi connectivity index (χ0) is 16.2. The first kappa shape index (κ1) is 14.9. The third-order valence-electron chi connectivity index (χ3n) is 2.89. The second-order valence-corrected chi connectivity index (χ2v) is 4.52. The fourth-order valence-electron chi connectivity index (χ4n) is 1.75. The Labute approximate surface area is 128 Å². The number of hydrogen-bond donors (Lipinski definition) is 1. The van der Waals surface area contributed by atoms with Gasteiger partial charge in [-0.2, -0.15) is 8.78 Å². The van der Waals surface area contributed by atoms with E-state index in [9.17, 15) is 13.2 Å². The predicted molar refractivity (Wildman–Crippen MR) is 74.0 cm³/mol. The van der Waals surface area contributed by atoms with Gasteiger partial charge in [0.1, 0.15) is 5.82 Å². The van der Waals surface area contributed by atoms with Gasteiger partial charge in [-0.3, -0.25) is 0 Å². The molecule has 0 fully saturated rings. The lowest BCUT2D eigenvalue weighted by Gasteiger charge is -2.04. The Morgan fingerprint density at radius 3 is 2.35 bits per heavy atom. The van der Waals surface area contributed by atoms with Gasteiger partial charge in [0.2, 0.25) is 5.95 Å². The Bertz CT molecular complexity index is 774. The largest absolute Gasteiger partial charge is 0.415 e. The summed E-state index contributed by atoms with van der Waals surface area (Å²) in [5.74, 6) is -0.812. The van der Waals surface area contributed by atoms with Crippen LogP contribution in [0.15, 0.2) is 41.1 Å². The highest BCUT2D eigenvalue weighted by atomic mass is 19.3. The molecule has 118 valence electrons. The molecule has 0 aliphatic carbocycles. The number of nitrogens with zero attached hydrogens (tertiary/aromatic N) is 4. The molecular formula is C14H10F3N5O. The molecule has 9 heteroatoms. The van der Waals surface area contributed by atoms with Gasteiger partial charge < -0.3 is 9.73 Å². The van der Waals surface area contributed by atoms with Gasteiger partial charge in [-0.1, -0.05) is 12.1 Å². The summed E-state index contributed by atoms with van der Waals surface area (Å²) in [6, 6.07) is 6.00. The number of rotatable bonds is 5. The van der Waals surface area contributed by atoms with E-state index in [1.807, 2.05) is 0 Å². The lowest BCUT2D eigenvalue weighted by molar-refractivity contribution is 0.116. The lowest BCUT2D eigenvalue weighted by Crippen LogP contribution is -2.03. The van der Waals surface area contributed by atoms with Crippen molar-refractivity contribution in [3.63, 3.8) is 0 Å². The van der Waals surface area contributed by atoms with E-state index in [1.165, 1.54) is 24.5 Å². The van der Waals surface area contributed by atoms with Crippen molar-refractivity contribution in [1.82, 2.24) is 20.2 Å². The zero-order valence-electron chi connectivity index (χ0n) is 11.6. The van der Waals surface area contributed by atoms with Gasteiger partial charge in [0.15, 0.2) is 0 Å². The second kappa shape index (κ2) is 6.42. The van der Waals surface area contributed by atoms with Crippen LogP contribution in [0.4, 0.5) is 19.1 Å². The van der Waals surface area contributed by atoms with E-state index in [0.29, 0.717) is 18.1 Å². The van der Waals surface area contributed by atoms with Crippen LogP contribution in [-0.4, -0.2) is 20.2 Å². The molecule has 0 amide bonds. The molecule has 23 heavy (non-hydrogen) atoms. The van der Waals surface area contributed by atoms with E-state index in [1.54, 1.807) is 12.1 Å². The van der Waals surface area contributed by atoms with Crippen molar-refractivity contribution in [2.24, 2.45) is 0 Å². The molecule has 6 nitrogen and oxygen atoms in total. The quantitative estimate of drug-likeness (QED) is 0.777. The fourth-order valence-corrected chi connectivity index (χ4v) is 1.75. The summed E-state index contributed by atoms with van der Waals surface area (Å²) < 4.78 is 42.4. The normalized spacial score (nSPS) is 11.0. The minimum Gasteiger partial charge on any atom is -0.415 e. The maximum absolute atomic E-state index is 12.8. The Morgan fingerprint density at radius 2 is 1.74 bits per heavy atom. The standard InChI is InChI=1S/C14H10F3N5O/c15-10-3-1-8(2-4-10)5-18-14-19-6-9(7-20-14)12-21-22-13(23-12)11(16)17/h1-4,6-7,11H,5H2,(H,18,19,20). The van der Waals surface area contributed by atoms with Gasteiger partial charge in [0.05, 0.1) is 5.56 Å². The van der Waals surface area contributed by atoms with Gasteiger partial charge in [-0.05, 0) is 17.7 Å². The Hall–Kier alpha value is -2.97. The smallest absolute Gasteiger partial charge is 0.314 e. The van der Waals surface area contributed by atoms with Crippen LogP contribution in [0, 0.1) is 5.82 Å². The third kappa shape index (κ3) is 3.62. The maximum Gasteiger partial charge on any atom is 0.314 e. The summed E-state index contributed by atoms with van der Waals surface area (Å²) in [5, 5.41) is 9.69. The molecule has 2 aromatic heterocycles. The summed E-state index contributed by atoms with van der Waals surface area (Å²) in [5.41, 5.74) is 1.19. The minimum absolute atomic E-state index is 0.0783. The van der Waals surface area contributed by atoms with Crippen LogP contribution in [0.2, 0.25) is 0 Å². The van der Waals surface area contributed by atoms with E-state index < -0.39 is 12.3 Å². The number of nitrogens with one attached hydrogen (secondary N) is 1. The molecule has 0 saturated heterocycles. The second-order valence-electron chi connectivity index (χ2n) is 4.52. The molecule has 1 N–H and O–H groups in total. The first-order chi connectivity index (χ1) is 11.1. The van der Waals surface area contributed by atoms with Gasteiger partial charge in [-0.15, -0.1) is 10.2 Å². The molecule has 1 aromatic carbocycles. The summed E-state index contributed by atoms with van der Waals surface area (Å²) in [6.45, 7) is 0.412. The molecule has 3 rings (SSSR count). The van der Waals surface area contributed by atoms with Gasteiger partial charge in [0.25, 0.3) is 11.8 Å². The SMILES string of the molecule is Fc1ccc(CNc2ncc(-c3nnc(C(F)F)o3)cn2)cc1. The van der Waals surface area contributed by atoms with Crippen LogP contribution >= 0.6 is 0 Å². The molecule has 0 unspecified atom stereocenters. The molecule has 0 saturated carbocycles. The number of anilines is 1. The molecule has 0 bridgehead atoms. The fraction of sp³-hybridized carbons (Fsp3) is 0.143. The van der Waals surface area contributed by atoms with E-state index in [-0.39, 0.29) is 11.7 Å². The molecule has 3 aromatic rings. The van der Waals surface area contributed by atoms with E-state index in [0.717, 1.165) is 5.56 Å². The Balaban J connectivity index is 1.65. The van der Waals surface area contributed by atoms with Crippen molar-refractivity contribution >= 4 is 5.95 Å². The summed E-state index contributed by atoms with van der Waals surface area (Å²) in [4.78, 5) is 8.06. The number of aromatic nitrogens is 4. The number of benzene rings is 1. The molecule has 0 aliphatic rings. The molecule has 0 spiro atoms. The Morgan fingerprint density at radius 1 is 1.04 bits per heavy atom.